The van der Waals surface area contributed by atoms with Crippen molar-refractivity contribution in [3.63, 3.8) is 0 Å². The van der Waals surface area contributed by atoms with Crippen molar-refractivity contribution in [3.05, 3.63) is 65.9 Å². The second kappa shape index (κ2) is 4.82. The van der Waals surface area contributed by atoms with Gasteiger partial charge in [-0.15, -0.1) is 0 Å². The van der Waals surface area contributed by atoms with Crippen LogP contribution in [0, 0.1) is 5.82 Å². The average Bonchev–Trinajstić information content (AvgIpc) is 2.82. The molecular formula is C15H14FN3. The Hall–Kier alpha value is -2.20. The van der Waals surface area contributed by atoms with E-state index in [0.717, 1.165) is 22.0 Å². The number of nitrogens with zero attached hydrogens (tertiary/aromatic N) is 2. The van der Waals surface area contributed by atoms with Crippen LogP contribution in [0.1, 0.15) is 11.1 Å². The molecule has 0 spiro atoms. The molecule has 0 unspecified atom stereocenters. The highest BCUT2D eigenvalue weighted by Crippen LogP contribution is 2.21. The van der Waals surface area contributed by atoms with E-state index in [9.17, 15) is 4.39 Å². The third-order valence-corrected chi connectivity index (χ3v) is 3.24. The molecule has 0 aliphatic heterocycles. The number of fused-ring (bicyclic) bond motifs is 1. The lowest BCUT2D eigenvalue weighted by atomic mass is 10.1. The Bertz CT molecular complexity index is 718. The Balaban J connectivity index is 2.02. The predicted molar refractivity (Wildman–Crippen MR) is 73.1 cm³/mol. The molecule has 0 atom stereocenters. The fraction of sp³-hybridized carbons (Fsp3) is 0.133. The highest BCUT2D eigenvalue weighted by atomic mass is 19.1. The molecule has 96 valence electrons. The summed E-state index contributed by atoms with van der Waals surface area (Å²) < 4.78 is 15.2. The van der Waals surface area contributed by atoms with E-state index in [0.29, 0.717) is 13.1 Å². The lowest BCUT2D eigenvalue weighted by Gasteiger charge is -2.06. The quantitative estimate of drug-likeness (QED) is 0.782. The zero-order chi connectivity index (χ0) is 13.2. The summed E-state index contributed by atoms with van der Waals surface area (Å²) in [5, 5.41) is 1.15. The Morgan fingerprint density at radius 3 is 2.89 bits per heavy atom. The zero-order valence-electron chi connectivity index (χ0n) is 10.4. The maximum absolute atomic E-state index is 13.1. The number of pyridine rings is 1. The Morgan fingerprint density at radius 2 is 2.11 bits per heavy atom. The number of halogens is 1. The standard InChI is InChI=1S/C15H14FN3/c16-13-6-11(8-18-9-13)10-19-5-4-14-12(7-17)2-1-3-15(14)19/h1-6,8-9H,7,10,17H2. The topological polar surface area (TPSA) is 43.8 Å². The van der Waals surface area contributed by atoms with Crippen LogP contribution >= 0.6 is 0 Å². The van der Waals surface area contributed by atoms with Crippen LogP contribution in [0.5, 0.6) is 0 Å². The van der Waals surface area contributed by atoms with Gasteiger partial charge in [-0.2, -0.15) is 0 Å². The van der Waals surface area contributed by atoms with Crippen LogP contribution in [0.25, 0.3) is 10.9 Å². The maximum Gasteiger partial charge on any atom is 0.141 e. The summed E-state index contributed by atoms with van der Waals surface area (Å²) in [5.41, 5.74) is 8.79. The first-order valence-corrected chi connectivity index (χ1v) is 6.14. The van der Waals surface area contributed by atoms with Crippen LogP contribution < -0.4 is 5.73 Å². The van der Waals surface area contributed by atoms with Crippen LogP contribution in [0.15, 0.2) is 48.9 Å². The smallest absolute Gasteiger partial charge is 0.141 e. The van der Waals surface area contributed by atoms with E-state index in [1.165, 1.54) is 12.3 Å². The normalized spacial score (nSPS) is 11.1. The molecule has 0 saturated carbocycles. The van der Waals surface area contributed by atoms with Crippen molar-refractivity contribution in [3.8, 4) is 0 Å². The summed E-state index contributed by atoms with van der Waals surface area (Å²) in [6.45, 7) is 1.12. The van der Waals surface area contributed by atoms with Gasteiger partial charge in [0.1, 0.15) is 5.82 Å². The van der Waals surface area contributed by atoms with Crippen LogP contribution in [0.4, 0.5) is 4.39 Å². The maximum atomic E-state index is 13.1. The monoisotopic (exact) mass is 255 g/mol. The van der Waals surface area contributed by atoms with Crippen LogP contribution in [-0.4, -0.2) is 9.55 Å². The minimum absolute atomic E-state index is 0.309. The van der Waals surface area contributed by atoms with E-state index in [1.54, 1.807) is 6.20 Å². The second-order valence-electron chi connectivity index (χ2n) is 4.51. The van der Waals surface area contributed by atoms with E-state index in [2.05, 4.69) is 9.55 Å². The van der Waals surface area contributed by atoms with E-state index in [1.807, 2.05) is 30.5 Å². The van der Waals surface area contributed by atoms with Crippen LogP contribution in [0.2, 0.25) is 0 Å². The molecule has 2 N–H and O–H groups in total. The first-order valence-electron chi connectivity index (χ1n) is 6.14. The lowest BCUT2D eigenvalue weighted by molar-refractivity contribution is 0.617. The summed E-state index contributed by atoms with van der Waals surface area (Å²) in [6, 6.07) is 9.61. The van der Waals surface area contributed by atoms with Crippen molar-refractivity contribution in [1.82, 2.24) is 9.55 Å². The van der Waals surface area contributed by atoms with Crippen molar-refractivity contribution in [2.75, 3.05) is 0 Å². The van der Waals surface area contributed by atoms with Gasteiger partial charge in [-0.3, -0.25) is 4.98 Å². The van der Waals surface area contributed by atoms with Crippen LogP contribution in [0.3, 0.4) is 0 Å². The van der Waals surface area contributed by atoms with Gasteiger partial charge in [-0.1, -0.05) is 12.1 Å². The summed E-state index contributed by atoms with van der Waals surface area (Å²) in [4.78, 5) is 3.87. The second-order valence-corrected chi connectivity index (χ2v) is 4.51. The Labute approximate surface area is 110 Å². The molecule has 0 fully saturated rings. The Kier molecular flexibility index (Phi) is 3.01. The van der Waals surface area contributed by atoms with Gasteiger partial charge in [-0.05, 0) is 29.3 Å². The first kappa shape index (κ1) is 11.9. The minimum atomic E-state index is -0.309. The number of aromatic nitrogens is 2. The third kappa shape index (κ3) is 2.22. The van der Waals surface area contributed by atoms with Crippen molar-refractivity contribution in [2.45, 2.75) is 13.1 Å². The van der Waals surface area contributed by atoms with Crippen molar-refractivity contribution < 1.29 is 4.39 Å². The van der Waals surface area contributed by atoms with Gasteiger partial charge in [0.25, 0.3) is 0 Å². The van der Waals surface area contributed by atoms with Crippen molar-refractivity contribution >= 4 is 10.9 Å². The molecule has 0 bridgehead atoms. The fourth-order valence-electron chi connectivity index (χ4n) is 2.34. The SMILES string of the molecule is NCc1cccc2c1ccn2Cc1cncc(F)c1. The molecule has 0 radical (unpaired) electrons. The number of benzene rings is 1. The van der Waals surface area contributed by atoms with Gasteiger partial charge in [0, 0.05) is 36.4 Å². The van der Waals surface area contributed by atoms with Gasteiger partial charge >= 0.3 is 0 Å². The van der Waals surface area contributed by atoms with Crippen molar-refractivity contribution in [2.24, 2.45) is 5.73 Å². The van der Waals surface area contributed by atoms with E-state index in [-0.39, 0.29) is 5.82 Å². The summed E-state index contributed by atoms with van der Waals surface area (Å²) in [6.07, 6.45) is 4.89. The van der Waals surface area contributed by atoms with Gasteiger partial charge in [0.05, 0.1) is 6.20 Å². The average molecular weight is 255 g/mol. The van der Waals surface area contributed by atoms with Gasteiger partial charge < -0.3 is 10.3 Å². The van der Waals surface area contributed by atoms with E-state index in [4.69, 9.17) is 5.73 Å². The molecule has 0 saturated heterocycles. The molecule has 3 rings (SSSR count). The molecule has 3 aromatic rings. The fourth-order valence-corrected chi connectivity index (χ4v) is 2.34. The lowest BCUT2D eigenvalue weighted by Crippen LogP contribution is -2.00. The molecule has 0 aliphatic carbocycles. The number of nitrogens with two attached hydrogens (primary N) is 1. The van der Waals surface area contributed by atoms with E-state index >= 15 is 0 Å². The molecule has 1 aromatic carbocycles. The molecule has 0 amide bonds. The molecule has 0 aliphatic rings. The summed E-state index contributed by atoms with van der Waals surface area (Å²) in [7, 11) is 0. The minimum Gasteiger partial charge on any atom is -0.343 e. The van der Waals surface area contributed by atoms with Crippen LogP contribution in [-0.2, 0) is 13.1 Å². The Morgan fingerprint density at radius 1 is 1.21 bits per heavy atom. The molecule has 2 heterocycles. The molecule has 2 aromatic heterocycles. The number of hydrogen-bond acceptors (Lipinski definition) is 2. The molecular weight excluding hydrogens is 241 g/mol. The summed E-state index contributed by atoms with van der Waals surface area (Å²) >= 11 is 0. The van der Waals surface area contributed by atoms with Crippen molar-refractivity contribution in [1.29, 1.82) is 0 Å². The predicted octanol–water partition coefficient (Wildman–Crippen LogP) is 2.68. The molecule has 19 heavy (non-hydrogen) atoms. The summed E-state index contributed by atoms with van der Waals surface area (Å²) in [5.74, 6) is -0.309. The van der Waals surface area contributed by atoms with E-state index < -0.39 is 0 Å². The molecule has 4 heteroatoms. The van der Waals surface area contributed by atoms with Gasteiger partial charge in [0.2, 0.25) is 0 Å². The zero-order valence-corrected chi connectivity index (χ0v) is 10.4. The highest BCUT2D eigenvalue weighted by molar-refractivity contribution is 5.83. The highest BCUT2D eigenvalue weighted by Gasteiger charge is 2.05. The van der Waals surface area contributed by atoms with Gasteiger partial charge in [-0.25, -0.2) is 4.39 Å². The number of rotatable bonds is 3. The van der Waals surface area contributed by atoms with Gasteiger partial charge in [0.15, 0.2) is 0 Å². The first-order chi connectivity index (χ1) is 9.28. The number of hydrogen-bond donors (Lipinski definition) is 1. The molecule has 3 nitrogen and oxygen atoms in total. The largest absolute Gasteiger partial charge is 0.343 e. The third-order valence-electron chi connectivity index (χ3n) is 3.24.